The van der Waals surface area contributed by atoms with Crippen LogP contribution in [-0.2, 0) is 6.42 Å². The number of nitrogens with two attached hydrogens (primary N) is 1. The van der Waals surface area contributed by atoms with Gasteiger partial charge in [0.05, 0.1) is 4.34 Å². The highest BCUT2D eigenvalue weighted by atomic mass is 35.5. The van der Waals surface area contributed by atoms with E-state index in [2.05, 4.69) is 37.3 Å². The number of halogens is 1. The Bertz CT molecular complexity index is 466. The van der Waals surface area contributed by atoms with Crippen LogP contribution in [0.1, 0.15) is 23.3 Å². The zero-order chi connectivity index (χ0) is 12.3. The summed E-state index contributed by atoms with van der Waals surface area (Å²) in [4.78, 5) is 1.25. The molecule has 0 aliphatic heterocycles. The summed E-state index contributed by atoms with van der Waals surface area (Å²) in [5, 5.41) is 0. The van der Waals surface area contributed by atoms with Crippen molar-refractivity contribution in [3.63, 3.8) is 0 Å². The van der Waals surface area contributed by atoms with Crippen molar-refractivity contribution >= 4 is 22.9 Å². The van der Waals surface area contributed by atoms with E-state index in [0.717, 1.165) is 10.8 Å². The summed E-state index contributed by atoms with van der Waals surface area (Å²) >= 11 is 7.53. The van der Waals surface area contributed by atoms with E-state index < -0.39 is 0 Å². The van der Waals surface area contributed by atoms with Crippen LogP contribution in [0.3, 0.4) is 0 Å². The molecule has 0 aliphatic rings. The van der Waals surface area contributed by atoms with Gasteiger partial charge in [0.2, 0.25) is 0 Å². The zero-order valence-corrected chi connectivity index (χ0v) is 11.3. The summed E-state index contributed by atoms with van der Waals surface area (Å²) in [6.45, 7) is 2.18. The van der Waals surface area contributed by atoms with Crippen LogP contribution in [0.4, 0.5) is 0 Å². The van der Waals surface area contributed by atoms with Gasteiger partial charge in [-0.15, -0.1) is 11.3 Å². The van der Waals surface area contributed by atoms with Crippen LogP contribution in [0, 0.1) is 0 Å². The van der Waals surface area contributed by atoms with Crippen LogP contribution in [0.5, 0.6) is 0 Å². The molecule has 0 aliphatic carbocycles. The molecule has 90 valence electrons. The number of benzene rings is 1. The Morgan fingerprint density at radius 2 is 1.88 bits per heavy atom. The molecule has 2 unspecified atom stereocenters. The normalized spacial score (nSPS) is 14.5. The van der Waals surface area contributed by atoms with Crippen LogP contribution in [0.25, 0.3) is 0 Å². The summed E-state index contributed by atoms with van der Waals surface area (Å²) in [7, 11) is 0. The molecule has 0 saturated heterocycles. The molecule has 2 atom stereocenters. The van der Waals surface area contributed by atoms with Crippen molar-refractivity contribution in [2.24, 2.45) is 5.73 Å². The first-order valence-electron chi connectivity index (χ1n) is 5.71. The van der Waals surface area contributed by atoms with Crippen LogP contribution in [0.15, 0.2) is 42.5 Å². The fourth-order valence-electron chi connectivity index (χ4n) is 1.87. The minimum absolute atomic E-state index is 0.132. The molecule has 2 aromatic rings. The third kappa shape index (κ3) is 3.32. The highest BCUT2D eigenvalue weighted by Crippen LogP contribution is 2.26. The number of rotatable bonds is 4. The molecule has 0 saturated carbocycles. The fraction of sp³-hybridized carbons (Fsp3) is 0.286. The molecular weight excluding hydrogens is 250 g/mol. The van der Waals surface area contributed by atoms with Crippen molar-refractivity contribution in [1.82, 2.24) is 0 Å². The lowest BCUT2D eigenvalue weighted by atomic mass is 9.92. The van der Waals surface area contributed by atoms with Gasteiger partial charge in [0.25, 0.3) is 0 Å². The van der Waals surface area contributed by atoms with E-state index in [9.17, 15) is 0 Å². The van der Waals surface area contributed by atoms with Gasteiger partial charge < -0.3 is 5.73 Å². The molecule has 1 heterocycles. The van der Waals surface area contributed by atoms with Crippen molar-refractivity contribution in [2.75, 3.05) is 0 Å². The van der Waals surface area contributed by atoms with E-state index in [-0.39, 0.29) is 6.04 Å². The molecule has 0 bridgehead atoms. The molecule has 17 heavy (non-hydrogen) atoms. The topological polar surface area (TPSA) is 26.0 Å². The Morgan fingerprint density at radius 3 is 2.47 bits per heavy atom. The number of hydrogen-bond acceptors (Lipinski definition) is 2. The molecule has 1 aromatic heterocycles. The third-order valence-electron chi connectivity index (χ3n) is 3.03. The SMILES string of the molecule is CC(c1ccccc1)C(N)Cc1ccc(Cl)s1. The Hall–Kier alpha value is -0.830. The molecule has 2 rings (SSSR count). The van der Waals surface area contributed by atoms with E-state index in [1.165, 1.54) is 10.4 Å². The number of hydrogen-bond donors (Lipinski definition) is 1. The molecule has 0 radical (unpaired) electrons. The lowest BCUT2D eigenvalue weighted by Gasteiger charge is -2.19. The molecule has 1 nitrogen and oxygen atoms in total. The van der Waals surface area contributed by atoms with E-state index in [0.29, 0.717) is 5.92 Å². The maximum Gasteiger partial charge on any atom is 0.0931 e. The molecule has 0 spiro atoms. The summed E-state index contributed by atoms with van der Waals surface area (Å²) in [6, 6.07) is 14.5. The molecule has 2 N–H and O–H groups in total. The predicted molar refractivity (Wildman–Crippen MR) is 75.9 cm³/mol. The summed E-state index contributed by atoms with van der Waals surface area (Å²) < 4.78 is 0.833. The van der Waals surface area contributed by atoms with Gasteiger partial charge in [0.15, 0.2) is 0 Å². The second-order valence-electron chi connectivity index (χ2n) is 4.27. The molecule has 1 aromatic carbocycles. The fourth-order valence-corrected chi connectivity index (χ4v) is 3.03. The standard InChI is InChI=1S/C14H16ClNS/c1-10(11-5-3-2-4-6-11)13(16)9-12-7-8-14(15)17-12/h2-8,10,13H,9,16H2,1H3. The lowest BCUT2D eigenvalue weighted by Crippen LogP contribution is -2.28. The van der Waals surface area contributed by atoms with Crippen LogP contribution < -0.4 is 5.73 Å². The Labute approximate surface area is 111 Å². The average molecular weight is 266 g/mol. The van der Waals surface area contributed by atoms with Crippen LogP contribution >= 0.6 is 22.9 Å². The van der Waals surface area contributed by atoms with E-state index >= 15 is 0 Å². The second kappa shape index (κ2) is 5.67. The van der Waals surface area contributed by atoms with Gasteiger partial charge >= 0.3 is 0 Å². The van der Waals surface area contributed by atoms with Gasteiger partial charge in [-0.3, -0.25) is 0 Å². The Balaban J connectivity index is 2.03. The quantitative estimate of drug-likeness (QED) is 0.886. The van der Waals surface area contributed by atoms with Gasteiger partial charge in [-0.25, -0.2) is 0 Å². The maximum absolute atomic E-state index is 6.25. The summed E-state index contributed by atoms with van der Waals surface area (Å²) in [5.41, 5.74) is 7.55. The highest BCUT2D eigenvalue weighted by Gasteiger charge is 2.15. The zero-order valence-electron chi connectivity index (χ0n) is 9.77. The minimum Gasteiger partial charge on any atom is -0.327 e. The van der Waals surface area contributed by atoms with Gasteiger partial charge in [-0.05, 0) is 30.0 Å². The van der Waals surface area contributed by atoms with Gasteiger partial charge in [-0.1, -0.05) is 48.9 Å². The molecule has 0 amide bonds. The first-order chi connectivity index (χ1) is 8.16. The number of thiophene rings is 1. The predicted octanol–water partition coefficient (Wildman–Crippen LogP) is 4.08. The highest BCUT2D eigenvalue weighted by molar-refractivity contribution is 7.16. The summed E-state index contributed by atoms with van der Waals surface area (Å²) in [5.74, 6) is 0.358. The average Bonchev–Trinajstić information content (AvgIpc) is 2.75. The smallest absolute Gasteiger partial charge is 0.0931 e. The van der Waals surface area contributed by atoms with Crippen LogP contribution in [0.2, 0.25) is 4.34 Å². The first-order valence-corrected chi connectivity index (χ1v) is 6.91. The second-order valence-corrected chi connectivity index (χ2v) is 6.07. The molecular formula is C14H16ClNS. The van der Waals surface area contributed by atoms with Gasteiger partial charge in [-0.2, -0.15) is 0 Å². The van der Waals surface area contributed by atoms with Crippen molar-refractivity contribution in [1.29, 1.82) is 0 Å². The van der Waals surface area contributed by atoms with E-state index in [4.69, 9.17) is 17.3 Å². The van der Waals surface area contributed by atoms with E-state index in [1.807, 2.05) is 12.1 Å². The third-order valence-corrected chi connectivity index (χ3v) is 4.29. The van der Waals surface area contributed by atoms with Crippen LogP contribution in [-0.4, -0.2) is 6.04 Å². The van der Waals surface area contributed by atoms with Crippen molar-refractivity contribution in [2.45, 2.75) is 25.3 Å². The van der Waals surface area contributed by atoms with Crippen molar-refractivity contribution < 1.29 is 0 Å². The van der Waals surface area contributed by atoms with Gasteiger partial charge in [0.1, 0.15) is 0 Å². The summed E-state index contributed by atoms with van der Waals surface area (Å²) in [6.07, 6.45) is 0.882. The lowest BCUT2D eigenvalue weighted by molar-refractivity contribution is 0.567. The first kappa shape index (κ1) is 12.6. The molecule has 0 fully saturated rings. The van der Waals surface area contributed by atoms with Crippen molar-refractivity contribution in [3.05, 3.63) is 57.2 Å². The van der Waals surface area contributed by atoms with Gasteiger partial charge in [0, 0.05) is 10.9 Å². The largest absolute Gasteiger partial charge is 0.327 e. The minimum atomic E-state index is 0.132. The molecule has 3 heteroatoms. The monoisotopic (exact) mass is 265 g/mol. The van der Waals surface area contributed by atoms with E-state index in [1.54, 1.807) is 11.3 Å². The maximum atomic E-state index is 6.25. The van der Waals surface area contributed by atoms with Crippen molar-refractivity contribution in [3.8, 4) is 0 Å². The Morgan fingerprint density at radius 1 is 1.18 bits per heavy atom. The Kier molecular flexibility index (Phi) is 4.21.